The highest BCUT2D eigenvalue weighted by atomic mass is 32.1. The molecule has 0 unspecified atom stereocenters. The minimum Gasteiger partial charge on any atom is -0.478 e. The number of nitrogen functional groups attached to an aromatic ring is 1. The third-order valence-corrected chi connectivity index (χ3v) is 3.77. The van der Waals surface area contributed by atoms with E-state index in [0.717, 1.165) is 5.69 Å². The molecule has 19 heavy (non-hydrogen) atoms. The van der Waals surface area contributed by atoms with Crippen LogP contribution in [0.3, 0.4) is 0 Å². The van der Waals surface area contributed by atoms with Gasteiger partial charge in [0.1, 0.15) is 10.5 Å². The zero-order valence-corrected chi connectivity index (χ0v) is 10.8. The van der Waals surface area contributed by atoms with Crippen molar-refractivity contribution in [3.63, 3.8) is 0 Å². The number of aromatic amines is 1. The van der Waals surface area contributed by atoms with Gasteiger partial charge in [-0.05, 0) is 19.1 Å². The van der Waals surface area contributed by atoms with Crippen LogP contribution in [0.4, 0.5) is 5.00 Å². The number of aromatic nitrogens is 3. The fourth-order valence-electron chi connectivity index (χ4n) is 1.82. The molecule has 0 saturated heterocycles. The summed E-state index contributed by atoms with van der Waals surface area (Å²) in [4.78, 5) is 22.8. The van der Waals surface area contributed by atoms with Crippen LogP contribution in [0.1, 0.15) is 16.1 Å². The van der Waals surface area contributed by atoms with Gasteiger partial charge in [0.2, 0.25) is 0 Å². The van der Waals surface area contributed by atoms with E-state index in [1.165, 1.54) is 17.4 Å². The Morgan fingerprint density at radius 1 is 1.42 bits per heavy atom. The quantitative estimate of drug-likeness (QED) is 0.665. The van der Waals surface area contributed by atoms with Crippen LogP contribution in [-0.2, 0) is 0 Å². The number of imidazole rings is 1. The van der Waals surface area contributed by atoms with E-state index in [1.54, 1.807) is 12.1 Å². The number of carboxylic acids is 1. The number of benzene rings is 1. The summed E-state index contributed by atoms with van der Waals surface area (Å²) < 4.78 is 0. The monoisotopic (exact) mass is 274 g/mol. The van der Waals surface area contributed by atoms with Crippen LogP contribution in [0.5, 0.6) is 0 Å². The van der Waals surface area contributed by atoms with Crippen molar-refractivity contribution in [3.05, 3.63) is 29.5 Å². The third-order valence-electron chi connectivity index (χ3n) is 2.78. The molecule has 0 spiro atoms. The van der Waals surface area contributed by atoms with E-state index in [4.69, 9.17) is 10.8 Å². The molecule has 7 heteroatoms. The molecule has 0 aliphatic heterocycles. The highest BCUT2D eigenvalue weighted by Crippen LogP contribution is 2.29. The lowest BCUT2D eigenvalue weighted by molar-refractivity contribution is 0.0699. The first-order valence-electron chi connectivity index (χ1n) is 5.51. The summed E-state index contributed by atoms with van der Waals surface area (Å²) in [6.07, 6.45) is 0. The van der Waals surface area contributed by atoms with Crippen LogP contribution >= 0.6 is 11.3 Å². The van der Waals surface area contributed by atoms with Crippen molar-refractivity contribution in [3.8, 4) is 10.8 Å². The summed E-state index contributed by atoms with van der Waals surface area (Å²) >= 11 is 1.32. The van der Waals surface area contributed by atoms with Gasteiger partial charge in [-0.3, -0.25) is 0 Å². The number of H-pyrrole nitrogens is 1. The van der Waals surface area contributed by atoms with Gasteiger partial charge >= 0.3 is 5.97 Å². The second-order valence-electron chi connectivity index (χ2n) is 4.06. The van der Waals surface area contributed by atoms with Gasteiger partial charge in [-0.15, -0.1) is 0 Å². The lowest BCUT2D eigenvalue weighted by Gasteiger charge is -1.93. The van der Waals surface area contributed by atoms with Crippen LogP contribution in [0.25, 0.3) is 21.9 Å². The second-order valence-corrected chi connectivity index (χ2v) is 5.09. The minimum atomic E-state index is -1.00. The molecule has 2 heterocycles. The number of nitrogens with one attached hydrogen (secondary N) is 1. The Morgan fingerprint density at radius 2 is 2.21 bits per heavy atom. The first kappa shape index (κ1) is 11.7. The second kappa shape index (κ2) is 4.06. The number of rotatable bonds is 2. The first-order chi connectivity index (χ1) is 9.06. The van der Waals surface area contributed by atoms with E-state index in [-0.39, 0.29) is 5.56 Å². The fourth-order valence-corrected chi connectivity index (χ4v) is 2.59. The standard InChI is InChI=1S/C12H10N4O2S/c1-5-9(13)19-11(14-5)10-15-7-4-2-3-6(12(17)18)8(7)16-10/h2-4H,13H2,1H3,(H,15,16)(H,17,18). The SMILES string of the molecule is Cc1nc(-c2nc3c(C(=O)O)cccc3[nH]2)sc1N. The number of hydrogen-bond acceptors (Lipinski definition) is 5. The number of aryl methyl sites for hydroxylation is 1. The van der Waals surface area contributed by atoms with Crippen molar-refractivity contribution < 1.29 is 9.90 Å². The van der Waals surface area contributed by atoms with Crippen molar-refractivity contribution >= 4 is 33.3 Å². The third kappa shape index (κ3) is 1.84. The largest absolute Gasteiger partial charge is 0.478 e. The maximum atomic E-state index is 11.1. The molecule has 6 nitrogen and oxygen atoms in total. The van der Waals surface area contributed by atoms with Gasteiger partial charge in [0.25, 0.3) is 0 Å². The number of aromatic carboxylic acids is 1. The van der Waals surface area contributed by atoms with Crippen LogP contribution in [0.2, 0.25) is 0 Å². The Balaban J connectivity index is 2.21. The molecule has 0 aliphatic rings. The van der Waals surface area contributed by atoms with Crippen LogP contribution in [0.15, 0.2) is 18.2 Å². The van der Waals surface area contributed by atoms with E-state index in [9.17, 15) is 4.79 Å². The van der Waals surface area contributed by atoms with Gasteiger partial charge in [-0.2, -0.15) is 0 Å². The van der Waals surface area contributed by atoms with Crippen LogP contribution < -0.4 is 5.73 Å². The molecule has 96 valence electrons. The lowest BCUT2D eigenvalue weighted by atomic mass is 10.2. The van der Waals surface area contributed by atoms with Crippen molar-refractivity contribution in [1.29, 1.82) is 0 Å². The number of fused-ring (bicyclic) bond motifs is 1. The molecule has 0 amide bonds. The topological polar surface area (TPSA) is 105 Å². The van der Waals surface area contributed by atoms with Gasteiger partial charge in [0.15, 0.2) is 10.8 Å². The average Bonchev–Trinajstić information content (AvgIpc) is 2.93. The van der Waals surface area contributed by atoms with Gasteiger partial charge in [0.05, 0.1) is 16.8 Å². The van der Waals surface area contributed by atoms with Crippen molar-refractivity contribution in [2.75, 3.05) is 5.73 Å². The lowest BCUT2D eigenvalue weighted by Crippen LogP contribution is -1.96. The van der Waals surface area contributed by atoms with E-state index in [0.29, 0.717) is 26.9 Å². The summed E-state index contributed by atoms with van der Waals surface area (Å²) in [5.41, 5.74) is 7.78. The van der Waals surface area contributed by atoms with Gasteiger partial charge in [-0.1, -0.05) is 17.4 Å². The molecule has 1 aromatic carbocycles. The Labute approximate surface area is 111 Å². The molecule has 0 aliphatic carbocycles. The van der Waals surface area contributed by atoms with E-state index in [1.807, 2.05) is 6.92 Å². The fraction of sp³-hybridized carbons (Fsp3) is 0.0833. The van der Waals surface area contributed by atoms with Crippen LogP contribution in [-0.4, -0.2) is 26.0 Å². The Hall–Kier alpha value is -2.41. The van der Waals surface area contributed by atoms with E-state index >= 15 is 0 Å². The molecule has 0 atom stereocenters. The molecule has 0 bridgehead atoms. The van der Waals surface area contributed by atoms with E-state index < -0.39 is 5.97 Å². The first-order valence-corrected chi connectivity index (χ1v) is 6.33. The Bertz CT molecular complexity index is 771. The molecule has 0 radical (unpaired) electrons. The zero-order chi connectivity index (χ0) is 13.6. The van der Waals surface area contributed by atoms with Crippen molar-refractivity contribution in [2.45, 2.75) is 6.92 Å². The summed E-state index contributed by atoms with van der Waals surface area (Å²) in [6.45, 7) is 1.82. The molecule has 3 aromatic rings. The summed E-state index contributed by atoms with van der Waals surface area (Å²) in [5, 5.41) is 10.4. The normalized spacial score (nSPS) is 11.0. The molecular formula is C12H10N4O2S. The number of anilines is 1. The van der Waals surface area contributed by atoms with Gasteiger partial charge in [-0.25, -0.2) is 14.8 Å². The van der Waals surface area contributed by atoms with Gasteiger partial charge < -0.3 is 15.8 Å². The molecule has 3 rings (SSSR count). The minimum absolute atomic E-state index is 0.168. The molecule has 2 aromatic heterocycles. The predicted molar refractivity (Wildman–Crippen MR) is 73.3 cm³/mol. The molecule has 0 saturated carbocycles. The summed E-state index contributed by atoms with van der Waals surface area (Å²) in [6, 6.07) is 4.98. The average molecular weight is 274 g/mol. The molecular weight excluding hydrogens is 264 g/mol. The number of thiazole rings is 1. The summed E-state index contributed by atoms with van der Waals surface area (Å²) in [7, 11) is 0. The maximum Gasteiger partial charge on any atom is 0.337 e. The summed E-state index contributed by atoms with van der Waals surface area (Å²) in [5.74, 6) is -0.466. The van der Waals surface area contributed by atoms with Crippen molar-refractivity contribution in [2.24, 2.45) is 0 Å². The van der Waals surface area contributed by atoms with Crippen LogP contribution in [0, 0.1) is 6.92 Å². The Morgan fingerprint density at radius 3 is 2.84 bits per heavy atom. The van der Waals surface area contributed by atoms with E-state index in [2.05, 4.69) is 15.0 Å². The maximum absolute atomic E-state index is 11.1. The number of nitrogens with zero attached hydrogens (tertiary/aromatic N) is 2. The molecule has 0 fully saturated rings. The number of carboxylic acid groups (broad SMARTS) is 1. The van der Waals surface area contributed by atoms with Crippen molar-refractivity contribution in [1.82, 2.24) is 15.0 Å². The smallest absolute Gasteiger partial charge is 0.337 e. The number of carbonyl (C=O) groups is 1. The van der Waals surface area contributed by atoms with Gasteiger partial charge in [0, 0.05) is 0 Å². The predicted octanol–water partition coefficient (Wildman–Crippen LogP) is 2.28. The molecule has 4 N–H and O–H groups in total. The zero-order valence-electron chi connectivity index (χ0n) is 9.97. The Kier molecular flexibility index (Phi) is 2.49. The number of para-hydroxylation sites is 1. The highest BCUT2D eigenvalue weighted by molar-refractivity contribution is 7.18. The number of nitrogens with two attached hydrogens (primary N) is 1. The number of hydrogen-bond donors (Lipinski definition) is 3. The highest BCUT2D eigenvalue weighted by Gasteiger charge is 2.15.